The van der Waals surface area contributed by atoms with Crippen LogP contribution < -0.4 is 25.8 Å². The fraction of sp³-hybridized carbons (Fsp3) is 0.0714. The van der Waals surface area contributed by atoms with Crippen molar-refractivity contribution in [2.75, 3.05) is 12.4 Å². The van der Waals surface area contributed by atoms with E-state index in [-0.39, 0.29) is 26.2 Å². The number of nitrogens with one attached hydrogen (secondary N) is 1. The fourth-order valence-corrected chi connectivity index (χ4v) is 5.52. The Morgan fingerprint density at radius 3 is 2.53 bits per heavy atom. The zero-order valence-electron chi connectivity index (χ0n) is 19.9. The molecule has 1 amide bonds. The van der Waals surface area contributed by atoms with E-state index in [0.29, 0.717) is 11.3 Å². The van der Waals surface area contributed by atoms with Gasteiger partial charge in [0.05, 0.1) is 30.2 Å². The number of nitrogens with zero attached hydrogens (tertiary/aromatic N) is 2. The quantitative estimate of drug-likeness (QED) is 0.393. The molecule has 0 saturated heterocycles. The third-order valence-electron chi connectivity index (χ3n) is 6.17. The smallest absolute Gasteiger partial charge is 0.332 e. The van der Waals surface area contributed by atoms with E-state index >= 15 is 0 Å². The van der Waals surface area contributed by atoms with Gasteiger partial charge >= 0.3 is 5.97 Å². The summed E-state index contributed by atoms with van der Waals surface area (Å²) in [5.74, 6) is -3.02. The Kier molecular flexibility index (Phi) is 6.36. The summed E-state index contributed by atoms with van der Waals surface area (Å²) in [5.41, 5.74) is 6.54. The molecule has 1 atom stereocenters. The molecular weight excluding hydrogens is 507 g/mol. The van der Waals surface area contributed by atoms with Gasteiger partial charge in [0.2, 0.25) is 0 Å². The Hall–Kier alpha value is -5.01. The number of methoxy groups -OCH3 is 1. The number of amides is 1. The standard InChI is InChI=1S/C28H19FN4O4S/c1-37-22(34)13-21-27(36)33-25(31)20(14-30)23(16-6-9-18(29)10-7-16)24(28(33)38-21)26(35)32-19-11-8-15-4-2-3-5-17(15)12-19/h2-13,23H,31H2,1H3,(H,32,35)/b21-13-/t23-/m1/s1. The molecule has 0 radical (unpaired) electrons. The van der Waals surface area contributed by atoms with E-state index in [1.807, 2.05) is 36.4 Å². The highest BCUT2D eigenvalue weighted by molar-refractivity contribution is 7.07. The van der Waals surface area contributed by atoms with E-state index in [2.05, 4.69) is 10.1 Å². The zero-order valence-corrected chi connectivity index (χ0v) is 20.7. The summed E-state index contributed by atoms with van der Waals surface area (Å²) in [6, 6.07) is 20.4. The molecule has 8 nitrogen and oxygen atoms in total. The molecule has 0 spiro atoms. The van der Waals surface area contributed by atoms with Crippen LogP contribution in [0.25, 0.3) is 28.2 Å². The second-order valence-corrected chi connectivity index (χ2v) is 9.44. The highest BCUT2D eigenvalue weighted by Gasteiger charge is 2.35. The van der Waals surface area contributed by atoms with Crippen LogP contribution in [0.15, 0.2) is 77.1 Å². The number of anilines is 1. The van der Waals surface area contributed by atoms with E-state index in [1.54, 1.807) is 12.1 Å². The lowest BCUT2D eigenvalue weighted by molar-refractivity contribution is -0.133. The molecule has 3 N–H and O–H groups in total. The number of hydrogen-bond acceptors (Lipinski definition) is 7. The second kappa shape index (κ2) is 9.80. The number of carbonyl (C=O) groups excluding carboxylic acids is 2. The van der Waals surface area contributed by atoms with E-state index in [9.17, 15) is 24.0 Å². The van der Waals surface area contributed by atoms with Gasteiger partial charge < -0.3 is 15.8 Å². The second-order valence-electron chi connectivity index (χ2n) is 8.40. The number of esters is 1. The van der Waals surface area contributed by atoms with Crippen LogP contribution >= 0.6 is 11.3 Å². The fourth-order valence-electron chi connectivity index (χ4n) is 4.39. The maximum Gasteiger partial charge on any atom is 0.332 e. The van der Waals surface area contributed by atoms with Crippen molar-refractivity contribution in [3.63, 3.8) is 0 Å². The number of benzene rings is 3. The van der Waals surface area contributed by atoms with Gasteiger partial charge in [-0.1, -0.05) is 42.5 Å². The number of thiazole rings is 1. The summed E-state index contributed by atoms with van der Waals surface area (Å²) in [6.45, 7) is 0. The zero-order chi connectivity index (χ0) is 27.0. The normalized spacial score (nSPS) is 15.2. The lowest BCUT2D eigenvalue weighted by Gasteiger charge is -2.25. The molecule has 3 aromatic carbocycles. The van der Waals surface area contributed by atoms with Crippen molar-refractivity contribution < 1.29 is 18.7 Å². The number of carbonyl (C=O) groups is 2. The molecule has 1 aliphatic heterocycles. The van der Waals surface area contributed by atoms with Crippen molar-refractivity contribution in [3.8, 4) is 6.07 Å². The Morgan fingerprint density at radius 1 is 1.13 bits per heavy atom. The van der Waals surface area contributed by atoms with Crippen molar-refractivity contribution in [2.24, 2.45) is 5.73 Å². The Labute approximate surface area is 219 Å². The Morgan fingerprint density at radius 2 is 1.84 bits per heavy atom. The van der Waals surface area contributed by atoms with E-state index in [4.69, 9.17) is 5.73 Å². The van der Waals surface area contributed by atoms with Gasteiger partial charge in [0, 0.05) is 11.8 Å². The molecule has 0 fully saturated rings. The maximum absolute atomic E-state index is 13.9. The number of halogens is 1. The molecular formula is C28H19FN4O4S. The summed E-state index contributed by atoms with van der Waals surface area (Å²) in [4.78, 5) is 39.0. The minimum atomic E-state index is -0.995. The average molecular weight is 527 g/mol. The molecule has 0 saturated carbocycles. The Balaban J connectivity index is 1.77. The number of hydrogen-bond donors (Lipinski definition) is 2. The van der Waals surface area contributed by atoms with Gasteiger partial charge in [0.15, 0.2) is 0 Å². The van der Waals surface area contributed by atoms with Crippen LogP contribution in [-0.2, 0) is 14.3 Å². The molecule has 38 heavy (non-hydrogen) atoms. The van der Waals surface area contributed by atoms with E-state index in [1.165, 1.54) is 31.4 Å². The number of fused-ring (bicyclic) bond motifs is 2. The van der Waals surface area contributed by atoms with Crippen LogP contribution in [0.5, 0.6) is 0 Å². The summed E-state index contributed by atoms with van der Waals surface area (Å²) in [6.07, 6.45) is 1.00. The molecule has 4 aromatic rings. The number of aromatic nitrogens is 1. The predicted octanol–water partition coefficient (Wildman–Crippen LogP) is 2.39. The maximum atomic E-state index is 13.9. The lowest BCUT2D eigenvalue weighted by atomic mass is 9.83. The molecule has 10 heteroatoms. The minimum Gasteiger partial charge on any atom is -0.466 e. The van der Waals surface area contributed by atoms with Gasteiger partial charge in [-0.25, -0.2) is 9.18 Å². The SMILES string of the molecule is COC(=O)/C=c1\sc2n(c1=O)C(N)=C(C#N)[C@@H](c1ccc(F)cc1)C=2C(=O)Nc1ccc2ccccc2c1. The highest BCUT2D eigenvalue weighted by Crippen LogP contribution is 2.36. The van der Waals surface area contributed by atoms with Gasteiger partial charge in [-0.3, -0.25) is 14.2 Å². The first kappa shape index (κ1) is 24.7. The lowest BCUT2D eigenvalue weighted by Crippen LogP contribution is -2.40. The molecule has 1 aliphatic rings. The van der Waals surface area contributed by atoms with Crippen molar-refractivity contribution >= 4 is 57.1 Å². The predicted molar refractivity (Wildman–Crippen MR) is 142 cm³/mol. The minimum absolute atomic E-state index is 0.0251. The topological polar surface area (TPSA) is 127 Å². The van der Waals surface area contributed by atoms with E-state index < -0.39 is 29.2 Å². The van der Waals surface area contributed by atoms with E-state index in [0.717, 1.165) is 32.8 Å². The summed E-state index contributed by atoms with van der Waals surface area (Å²) in [7, 11) is 1.17. The molecule has 188 valence electrons. The van der Waals surface area contributed by atoms with Crippen LogP contribution in [0.1, 0.15) is 11.5 Å². The number of nitriles is 1. The number of nitrogens with two attached hydrogens (primary N) is 1. The first-order valence-electron chi connectivity index (χ1n) is 11.3. The molecule has 2 heterocycles. The summed E-state index contributed by atoms with van der Waals surface area (Å²) in [5, 5.41) is 14.8. The third kappa shape index (κ3) is 4.25. The molecule has 1 aromatic heterocycles. The molecule has 5 rings (SSSR count). The number of rotatable bonds is 4. The Bertz CT molecular complexity index is 1880. The van der Waals surface area contributed by atoms with Crippen molar-refractivity contribution in [1.29, 1.82) is 5.26 Å². The van der Waals surface area contributed by atoms with Crippen LogP contribution in [-0.4, -0.2) is 23.6 Å². The van der Waals surface area contributed by atoms with Gasteiger partial charge in [-0.15, -0.1) is 11.3 Å². The first-order valence-corrected chi connectivity index (χ1v) is 12.2. The first-order chi connectivity index (χ1) is 18.3. The summed E-state index contributed by atoms with van der Waals surface area (Å²) >= 11 is 0.872. The number of allylic oxidation sites excluding steroid dienone is 1. The summed E-state index contributed by atoms with van der Waals surface area (Å²) < 4.78 is 19.6. The van der Waals surface area contributed by atoms with Gasteiger partial charge in [0.25, 0.3) is 11.5 Å². The van der Waals surface area contributed by atoms with Crippen LogP contribution in [0.4, 0.5) is 10.1 Å². The third-order valence-corrected chi connectivity index (χ3v) is 7.28. The molecule has 0 bridgehead atoms. The molecule has 0 unspecified atom stereocenters. The van der Waals surface area contributed by atoms with Crippen LogP contribution in [0.3, 0.4) is 0 Å². The molecule has 0 aliphatic carbocycles. The highest BCUT2D eigenvalue weighted by atomic mass is 32.1. The van der Waals surface area contributed by atoms with Crippen molar-refractivity contribution in [3.05, 3.63) is 103 Å². The number of ether oxygens (including phenoxy) is 1. The van der Waals surface area contributed by atoms with Gasteiger partial charge in [0.1, 0.15) is 20.8 Å². The largest absolute Gasteiger partial charge is 0.466 e. The van der Waals surface area contributed by atoms with Crippen LogP contribution in [0, 0.1) is 17.1 Å². The van der Waals surface area contributed by atoms with Gasteiger partial charge in [-0.2, -0.15) is 5.26 Å². The average Bonchev–Trinajstić information content (AvgIpc) is 3.24. The van der Waals surface area contributed by atoms with Crippen LogP contribution in [0.2, 0.25) is 0 Å². The van der Waals surface area contributed by atoms with Crippen molar-refractivity contribution in [1.82, 2.24) is 4.57 Å². The van der Waals surface area contributed by atoms with Crippen molar-refractivity contribution in [2.45, 2.75) is 5.92 Å². The monoisotopic (exact) mass is 526 g/mol. The van der Waals surface area contributed by atoms with Gasteiger partial charge in [-0.05, 0) is 40.6 Å².